The van der Waals surface area contributed by atoms with E-state index in [0.717, 1.165) is 12.3 Å². The molecule has 0 saturated carbocycles. The molecule has 212 valence electrons. The Hall–Kier alpha value is -4.80. The SMILES string of the molecule is N#Cc1cnc2c(Cl)cc(NC(c3ccc(F)cc3)c3cn(CC4(F)COC4)nn3)cc2c1Nc1cnc(F)c(F)c1. The summed E-state index contributed by atoms with van der Waals surface area (Å²) in [5.41, 5.74) is 0.727. The molecule has 5 aromatic rings. The predicted octanol–water partition coefficient (Wildman–Crippen LogP) is 5.85. The molecular weight excluding hydrogens is 576 g/mol. The van der Waals surface area contributed by atoms with Crippen molar-refractivity contribution in [2.24, 2.45) is 0 Å². The van der Waals surface area contributed by atoms with E-state index in [2.05, 4.69) is 30.9 Å². The lowest BCUT2D eigenvalue weighted by atomic mass is 10.0. The van der Waals surface area contributed by atoms with Crippen molar-refractivity contribution in [3.63, 3.8) is 0 Å². The van der Waals surface area contributed by atoms with Crippen molar-refractivity contribution in [2.45, 2.75) is 18.3 Å². The average molecular weight is 595 g/mol. The van der Waals surface area contributed by atoms with Crippen LogP contribution in [0, 0.1) is 28.9 Å². The van der Waals surface area contributed by atoms with Gasteiger partial charge in [0.2, 0.25) is 5.95 Å². The van der Waals surface area contributed by atoms with Gasteiger partial charge in [-0.1, -0.05) is 28.9 Å². The minimum atomic E-state index is -1.53. The van der Waals surface area contributed by atoms with Gasteiger partial charge in [-0.15, -0.1) is 5.10 Å². The van der Waals surface area contributed by atoms with Crippen molar-refractivity contribution >= 4 is 39.6 Å². The number of aromatic nitrogens is 5. The molecule has 0 radical (unpaired) electrons. The highest BCUT2D eigenvalue weighted by molar-refractivity contribution is 6.36. The molecule has 1 unspecified atom stereocenters. The van der Waals surface area contributed by atoms with Gasteiger partial charge in [0, 0.05) is 23.3 Å². The number of halogens is 5. The van der Waals surface area contributed by atoms with Crippen LogP contribution in [0.15, 0.2) is 61.1 Å². The van der Waals surface area contributed by atoms with Crippen LogP contribution >= 0.6 is 11.6 Å². The smallest absolute Gasteiger partial charge is 0.249 e. The topological polar surface area (TPSA) is 114 Å². The molecular formula is C28H19ClF4N8O. The van der Waals surface area contributed by atoms with Gasteiger partial charge in [-0.2, -0.15) is 9.65 Å². The number of benzene rings is 2. The second kappa shape index (κ2) is 10.9. The zero-order valence-electron chi connectivity index (χ0n) is 21.5. The number of rotatable bonds is 8. The first-order valence-electron chi connectivity index (χ1n) is 12.5. The van der Waals surface area contributed by atoms with E-state index in [1.807, 2.05) is 6.07 Å². The highest BCUT2D eigenvalue weighted by Gasteiger charge is 2.39. The summed E-state index contributed by atoms with van der Waals surface area (Å²) in [4.78, 5) is 7.68. The van der Waals surface area contributed by atoms with Crippen molar-refractivity contribution < 1.29 is 22.3 Å². The molecule has 3 aromatic heterocycles. The van der Waals surface area contributed by atoms with E-state index in [9.17, 15) is 22.8 Å². The fourth-order valence-electron chi connectivity index (χ4n) is 4.57. The van der Waals surface area contributed by atoms with Crippen LogP contribution in [0.4, 0.5) is 34.6 Å². The fraction of sp³-hybridized carbons (Fsp3) is 0.179. The molecule has 4 heterocycles. The largest absolute Gasteiger partial charge is 0.374 e. The van der Waals surface area contributed by atoms with Gasteiger partial charge in [0.1, 0.15) is 17.6 Å². The average Bonchev–Trinajstić information content (AvgIpc) is 3.41. The number of ether oxygens (including phenoxy) is 1. The number of fused-ring (bicyclic) bond motifs is 1. The van der Waals surface area contributed by atoms with E-state index in [0.29, 0.717) is 27.8 Å². The molecule has 1 aliphatic heterocycles. The summed E-state index contributed by atoms with van der Waals surface area (Å²) in [7, 11) is 0. The van der Waals surface area contributed by atoms with E-state index in [1.54, 1.807) is 30.5 Å². The summed E-state index contributed by atoms with van der Waals surface area (Å²) < 4.78 is 62.0. The highest BCUT2D eigenvalue weighted by Crippen LogP contribution is 2.37. The van der Waals surface area contributed by atoms with Gasteiger partial charge in [0.25, 0.3) is 0 Å². The van der Waals surface area contributed by atoms with Crippen molar-refractivity contribution in [3.8, 4) is 6.07 Å². The van der Waals surface area contributed by atoms with Crippen LogP contribution in [-0.4, -0.2) is 43.8 Å². The van der Waals surface area contributed by atoms with Crippen LogP contribution < -0.4 is 10.6 Å². The summed E-state index contributed by atoms with van der Waals surface area (Å²) in [5, 5.41) is 24.9. The van der Waals surface area contributed by atoms with Crippen molar-refractivity contribution in [3.05, 3.63) is 100 Å². The summed E-state index contributed by atoms with van der Waals surface area (Å²) in [5.74, 6) is -2.87. The Morgan fingerprint density at radius 2 is 1.86 bits per heavy atom. The molecule has 14 heteroatoms. The molecule has 2 aromatic carbocycles. The molecule has 2 N–H and O–H groups in total. The summed E-state index contributed by atoms with van der Waals surface area (Å²) in [6.45, 7) is -0.116. The lowest BCUT2D eigenvalue weighted by Crippen LogP contribution is -2.48. The number of hydrogen-bond donors (Lipinski definition) is 2. The normalized spacial score (nSPS) is 14.7. The van der Waals surface area contributed by atoms with Crippen LogP contribution in [0.2, 0.25) is 5.02 Å². The Morgan fingerprint density at radius 1 is 1.07 bits per heavy atom. The van der Waals surface area contributed by atoms with E-state index in [4.69, 9.17) is 16.3 Å². The maximum atomic E-state index is 14.6. The van der Waals surface area contributed by atoms with Crippen molar-refractivity contribution in [1.82, 2.24) is 25.0 Å². The molecule has 1 fully saturated rings. The minimum Gasteiger partial charge on any atom is -0.374 e. The third-order valence-corrected chi connectivity index (χ3v) is 6.93. The van der Waals surface area contributed by atoms with Crippen LogP contribution in [0.1, 0.15) is 22.9 Å². The molecule has 42 heavy (non-hydrogen) atoms. The lowest BCUT2D eigenvalue weighted by Gasteiger charge is -2.33. The molecule has 0 aliphatic carbocycles. The van der Waals surface area contributed by atoms with Gasteiger partial charge in [-0.05, 0) is 29.8 Å². The van der Waals surface area contributed by atoms with Crippen LogP contribution in [0.5, 0.6) is 0 Å². The standard InChI is InChI=1S/C28H19ClF4N8O/c29-21-6-18(5-20-24(16(8-34)9-35-26(20)21)38-19-7-22(31)27(32)36-10-19)37-25(15-1-3-17(30)4-2-15)23-11-41(40-39-23)12-28(33)13-42-14-28/h1-7,9-11,25,37H,12-14H2,(H,35,38). The number of nitrogens with one attached hydrogen (secondary N) is 2. The first-order chi connectivity index (χ1) is 20.2. The van der Waals surface area contributed by atoms with Gasteiger partial charge >= 0.3 is 0 Å². The Kier molecular flexibility index (Phi) is 7.09. The van der Waals surface area contributed by atoms with E-state index >= 15 is 0 Å². The maximum absolute atomic E-state index is 14.6. The zero-order valence-corrected chi connectivity index (χ0v) is 22.2. The molecule has 1 atom stereocenters. The summed E-state index contributed by atoms with van der Waals surface area (Å²) in [6, 6.07) is 11.3. The number of alkyl halides is 1. The van der Waals surface area contributed by atoms with E-state index in [1.165, 1.54) is 23.0 Å². The second-order valence-electron chi connectivity index (χ2n) is 9.75. The maximum Gasteiger partial charge on any atom is 0.249 e. The molecule has 1 saturated heterocycles. The monoisotopic (exact) mass is 594 g/mol. The Morgan fingerprint density at radius 3 is 2.55 bits per heavy atom. The summed E-state index contributed by atoms with van der Waals surface area (Å²) in [6.07, 6.45) is 3.98. The van der Waals surface area contributed by atoms with Crippen molar-refractivity contribution in [1.29, 1.82) is 5.26 Å². The Labute approximate surface area is 240 Å². The number of pyridine rings is 2. The molecule has 1 aliphatic rings. The minimum absolute atomic E-state index is 0.0346. The number of hydrogen-bond acceptors (Lipinski definition) is 8. The highest BCUT2D eigenvalue weighted by atomic mass is 35.5. The quantitative estimate of drug-likeness (QED) is 0.170. The first-order valence-corrected chi connectivity index (χ1v) is 12.9. The Balaban J connectivity index is 1.40. The summed E-state index contributed by atoms with van der Waals surface area (Å²) >= 11 is 6.60. The molecule has 0 spiro atoms. The number of nitrogens with zero attached hydrogens (tertiary/aromatic N) is 6. The van der Waals surface area contributed by atoms with Crippen LogP contribution in [0.3, 0.4) is 0 Å². The predicted molar refractivity (Wildman–Crippen MR) is 145 cm³/mol. The van der Waals surface area contributed by atoms with Gasteiger partial charge in [0.05, 0.1) is 65.7 Å². The third kappa shape index (κ3) is 5.41. The molecule has 0 amide bonds. The van der Waals surface area contributed by atoms with E-state index in [-0.39, 0.29) is 41.7 Å². The van der Waals surface area contributed by atoms with Gasteiger partial charge < -0.3 is 15.4 Å². The molecule has 9 nitrogen and oxygen atoms in total. The van der Waals surface area contributed by atoms with Gasteiger partial charge in [-0.3, -0.25) is 4.98 Å². The number of nitriles is 1. The lowest BCUT2D eigenvalue weighted by molar-refractivity contribution is -0.138. The van der Waals surface area contributed by atoms with Crippen LogP contribution in [0.25, 0.3) is 10.9 Å². The van der Waals surface area contributed by atoms with Gasteiger partial charge in [-0.25, -0.2) is 22.8 Å². The zero-order chi connectivity index (χ0) is 29.4. The molecule has 0 bridgehead atoms. The third-order valence-electron chi connectivity index (χ3n) is 6.64. The molecule has 6 rings (SSSR count). The van der Waals surface area contributed by atoms with Crippen molar-refractivity contribution in [2.75, 3.05) is 23.8 Å². The fourth-order valence-corrected chi connectivity index (χ4v) is 4.84. The Bertz CT molecular complexity index is 1840. The second-order valence-corrected chi connectivity index (χ2v) is 10.2. The van der Waals surface area contributed by atoms with E-state index < -0.39 is 29.3 Å². The van der Waals surface area contributed by atoms with Gasteiger partial charge in [0.15, 0.2) is 11.5 Å². The number of anilines is 3. The first kappa shape index (κ1) is 27.4. The van der Waals surface area contributed by atoms with Crippen LogP contribution in [-0.2, 0) is 11.3 Å².